The van der Waals surface area contributed by atoms with Crippen molar-refractivity contribution in [1.82, 2.24) is 5.32 Å². The monoisotopic (exact) mass is 295 g/mol. The van der Waals surface area contributed by atoms with Crippen LogP contribution in [0.25, 0.3) is 0 Å². The molecule has 0 unspecified atom stereocenters. The van der Waals surface area contributed by atoms with Crippen molar-refractivity contribution in [3.05, 3.63) is 21.9 Å². The molecule has 1 heterocycles. The highest BCUT2D eigenvalue weighted by Gasteiger charge is 2.05. The lowest BCUT2D eigenvalue weighted by Gasteiger charge is -1.98. The van der Waals surface area contributed by atoms with E-state index in [2.05, 4.69) is 27.9 Å². The number of carbonyl (C=O) groups is 1. The Morgan fingerprint density at radius 2 is 2.42 bits per heavy atom. The first kappa shape index (κ1) is 9.98. The van der Waals surface area contributed by atoms with Gasteiger partial charge in [-0.2, -0.15) is 0 Å². The molecule has 0 saturated heterocycles. The first-order valence-electron chi connectivity index (χ1n) is 3.64. The highest BCUT2D eigenvalue weighted by atomic mass is 127. The van der Waals surface area contributed by atoms with Crippen molar-refractivity contribution in [3.8, 4) is 0 Å². The van der Waals surface area contributed by atoms with Gasteiger partial charge in [0.05, 0.1) is 4.88 Å². The summed E-state index contributed by atoms with van der Waals surface area (Å²) in [5, 5.41) is 2.83. The fourth-order valence-electron chi connectivity index (χ4n) is 0.804. The molecule has 1 amide bonds. The highest BCUT2D eigenvalue weighted by molar-refractivity contribution is 14.1. The van der Waals surface area contributed by atoms with E-state index in [1.54, 1.807) is 0 Å². The fraction of sp³-hybridized carbons (Fsp3) is 0.375. The molecule has 4 heteroatoms. The Morgan fingerprint density at radius 3 is 2.92 bits per heavy atom. The summed E-state index contributed by atoms with van der Waals surface area (Å²) >= 11 is 3.77. The second-order valence-corrected chi connectivity index (χ2v) is 4.72. The first-order chi connectivity index (χ1) is 5.74. The number of halogens is 1. The number of thiophene rings is 1. The molecule has 0 radical (unpaired) electrons. The van der Waals surface area contributed by atoms with Crippen LogP contribution in [0, 0.1) is 6.92 Å². The number of nitrogens with one attached hydrogen (secondary N) is 1. The lowest BCUT2D eigenvalue weighted by Crippen LogP contribution is -2.24. The molecule has 0 fully saturated rings. The third-order valence-electron chi connectivity index (χ3n) is 1.34. The number of aryl methyl sites for hydroxylation is 1. The molecule has 0 bridgehead atoms. The average molecular weight is 295 g/mol. The van der Waals surface area contributed by atoms with Crippen LogP contribution in [0.4, 0.5) is 0 Å². The molecule has 0 aromatic carbocycles. The van der Waals surface area contributed by atoms with Gasteiger partial charge in [0.2, 0.25) is 0 Å². The number of hydrogen-bond acceptors (Lipinski definition) is 2. The standard InChI is InChI=1S/C8H10INOS/c1-6-2-3-7(12-6)8(11)10-5-4-9/h2-3H,4-5H2,1H3,(H,10,11). The van der Waals surface area contributed by atoms with E-state index < -0.39 is 0 Å². The van der Waals surface area contributed by atoms with E-state index in [4.69, 9.17) is 0 Å². The van der Waals surface area contributed by atoms with Crippen LogP contribution in [-0.2, 0) is 0 Å². The van der Waals surface area contributed by atoms with E-state index in [0.29, 0.717) is 0 Å². The molecule has 0 spiro atoms. The smallest absolute Gasteiger partial charge is 0.261 e. The van der Waals surface area contributed by atoms with Gasteiger partial charge in [-0.05, 0) is 19.1 Å². The van der Waals surface area contributed by atoms with Crippen LogP contribution >= 0.6 is 33.9 Å². The molecular formula is C8H10INOS. The number of alkyl halides is 1. The van der Waals surface area contributed by atoms with Crippen LogP contribution < -0.4 is 5.32 Å². The Balaban J connectivity index is 2.53. The SMILES string of the molecule is Cc1ccc(C(=O)NCCI)s1. The Labute approximate surface area is 89.5 Å². The van der Waals surface area contributed by atoms with Gasteiger partial charge in [-0.3, -0.25) is 4.79 Å². The molecule has 0 aliphatic carbocycles. The molecule has 1 rings (SSSR count). The van der Waals surface area contributed by atoms with E-state index in [-0.39, 0.29) is 5.91 Å². The van der Waals surface area contributed by atoms with Gasteiger partial charge in [-0.25, -0.2) is 0 Å². The van der Waals surface area contributed by atoms with Crippen molar-refractivity contribution in [2.45, 2.75) is 6.92 Å². The van der Waals surface area contributed by atoms with Gasteiger partial charge < -0.3 is 5.32 Å². The van der Waals surface area contributed by atoms with Crippen LogP contribution in [0.5, 0.6) is 0 Å². The minimum absolute atomic E-state index is 0.0461. The molecule has 1 N–H and O–H groups in total. The van der Waals surface area contributed by atoms with Crippen molar-refractivity contribution >= 4 is 39.8 Å². The molecule has 0 saturated carbocycles. The third kappa shape index (κ3) is 2.75. The summed E-state index contributed by atoms with van der Waals surface area (Å²) in [4.78, 5) is 13.3. The number of carbonyl (C=O) groups excluding carboxylic acids is 1. The maximum atomic E-state index is 11.3. The maximum Gasteiger partial charge on any atom is 0.261 e. The summed E-state index contributed by atoms with van der Waals surface area (Å²) in [6.07, 6.45) is 0. The summed E-state index contributed by atoms with van der Waals surface area (Å²) in [5.41, 5.74) is 0. The van der Waals surface area contributed by atoms with Gasteiger partial charge in [0.1, 0.15) is 0 Å². The lowest BCUT2D eigenvalue weighted by molar-refractivity contribution is 0.0960. The second kappa shape index (κ2) is 4.81. The van der Waals surface area contributed by atoms with Gasteiger partial charge >= 0.3 is 0 Å². The van der Waals surface area contributed by atoms with Crippen molar-refractivity contribution in [2.24, 2.45) is 0 Å². The van der Waals surface area contributed by atoms with Crippen LogP contribution in [0.2, 0.25) is 0 Å². The van der Waals surface area contributed by atoms with Gasteiger partial charge in [-0.1, -0.05) is 22.6 Å². The van der Waals surface area contributed by atoms with Gasteiger partial charge in [0.15, 0.2) is 0 Å². The molecule has 0 aliphatic heterocycles. The van der Waals surface area contributed by atoms with E-state index >= 15 is 0 Å². The van der Waals surface area contributed by atoms with E-state index in [9.17, 15) is 4.79 Å². The largest absolute Gasteiger partial charge is 0.351 e. The predicted molar refractivity (Wildman–Crippen MR) is 60.3 cm³/mol. The molecule has 0 aliphatic rings. The lowest BCUT2D eigenvalue weighted by atomic mass is 10.4. The summed E-state index contributed by atoms with van der Waals surface area (Å²) in [6.45, 7) is 2.75. The fourth-order valence-corrected chi connectivity index (χ4v) is 1.86. The van der Waals surface area contributed by atoms with Crippen LogP contribution in [-0.4, -0.2) is 16.9 Å². The zero-order valence-corrected chi connectivity index (χ0v) is 9.74. The van der Waals surface area contributed by atoms with Crippen molar-refractivity contribution < 1.29 is 4.79 Å². The van der Waals surface area contributed by atoms with E-state index in [1.165, 1.54) is 16.2 Å². The molecular weight excluding hydrogens is 285 g/mol. The van der Waals surface area contributed by atoms with Crippen LogP contribution in [0.3, 0.4) is 0 Å². The summed E-state index contributed by atoms with van der Waals surface area (Å²) < 4.78 is 0.952. The Morgan fingerprint density at radius 1 is 1.67 bits per heavy atom. The molecule has 66 valence electrons. The minimum atomic E-state index is 0.0461. The van der Waals surface area contributed by atoms with Crippen molar-refractivity contribution in [2.75, 3.05) is 11.0 Å². The van der Waals surface area contributed by atoms with E-state index in [0.717, 1.165) is 15.8 Å². The third-order valence-corrected chi connectivity index (χ3v) is 2.88. The van der Waals surface area contributed by atoms with E-state index in [1.807, 2.05) is 19.1 Å². The van der Waals surface area contributed by atoms with Crippen molar-refractivity contribution in [3.63, 3.8) is 0 Å². The molecule has 1 aromatic rings. The van der Waals surface area contributed by atoms with Crippen LogP contribution in [0.15, 0.2) is 12.1 Å². The second-order valence-electron chi connectivity index (χ2n) is 2.36. The number of hydrogen-bond donors (Lipinski definition) is 1. The summed E-state index contributed by atoms with van der Waals surface area (Å²) in [6, 6.07) is 3.83. The van der Waals surface area contributed by atoms with Gasteiger partial charge in [0, 0.05) is 15.8 Å². The Hall–Kier alpha value is -0.100. The summed E-state index contributed by atoms with van der Waals surface area (Å²) in [7, 11) is 0. The Bertz CT molecular complexity index is 272. The average Bonchev–Trinajstić information content (AvgIpc) is 2.47. The molecule has 2 nitrogen and oxygen atoms in total. The maximum absolute atomic E-state index is 11.3. The van der Waals surface area contributed by atoms with Crippen molar-refractivity contribution in [1.29, 1.82) is 0 Å². The summed E-state index contributed by atoms with van der Waals surface area (Å²) in [5.74, 6) is 0.0461. The van der Waals surface area contributed by atoms with Gasteiger partial charge in [0.25, 0.3) is 5.91 Å². The Kier molecular flexibility index (Phi) is 4.00. The molecule has 12 heavy (non-hydrogen) atoms. The number of amides is 1. The zero-order valence-electron chi connectivity index (χ0n) is 6.76. The molecule has 0 atom stereocenters. The highest BCUT2D eigenvalue weighted by Crippen LogP contribution is 2.14. The molecule has 1 aromatic heterocycles. The topological polar surface area (TPSA) is 29.1 Å². The normalized spacial score (nSPS) is 9.83. The number of rotatable bonds is 3. The predicted octanol–water partition coefficient (Wildman–Crippen LogP) is 2.22. The first-order valence-corrected chi connectivity index (χ1v) is 5.99. The zero-order chi connectivity index (χ0) is 8.97. The minimum Gasteiger partial charge on any atom is -0.351 e. The van der Waals surface area contributed by atoms with Crippen LogP contribution in [0.1, 0.15) is 14.5 Å². The quantitative estimate of drug-likeness (QED) is 0.672. The van der Waals surface area contributed by atoms with Gasteiger partial charge in [-0.15, -0.1) is 11.3 Å².